The topological polar surface area (TPSA) is 82.1 Å². The molecule has 2 fully saturated rings. The highest BCUT2D eigenvalue weighted by atomic mass is 32.2. The second-order valence-electron chi connectivity index (χ2n) is 7.83. The number of esters is 1. The van der Waals surface area contributed by atoms with E-state index < -0.39 is 10.0 Å². The molecule has 1 aliphatic carbocycles. The van der Waals surface area contributed by atoms with Crippen molar-refractivity contribution in [2.75, 3.05) is 33.9 Å². The molecular formula is C21H31NO6S. The molecule has 29 heavy (non-hydrogen) atoms. The Bertz CT molecular complexity index is 795. The van der Waals surface area contributed by atoms with Gasteiger partial charge in [0.1, 0.15) is 0 Å². The lowest BCUT2D eigenvalue weighted by atomic mass is 9.90. The number of carbonyl (C=O) groups is 1. The average Bonchev–Trinajstić information content (AvgIpc) is 2.77. The molecule has 1 heterocycles. The zero-order valence-electron chi connectivity index (χ0n) is 17.3. The summed E-state index contributed by atoms with van der Waals surface area (Å²) in [5.41, 5.74) is 0. The van der Waals surface area contributed by atoms with Gasteiger partial charge in [0.25, 0.3) is 0 Å². The van der Waals surface area contributed by atoms with Crippen LogP contribution in [0.3, 0.4) is 0 Å². The first-order valence-corrected chi connectivity index (χ1v) is 11.8. The number of piperidine rings is 1. The summed E-state index contributed by atoms with van der Waals surface area (Å²) in [6.45, 7) is 1.11. The van der Waals surface area contributed by atoms with Crippen LogP contribution < -0.4 is 9.47 Å². The van der Waals surface area contributed by atoms with Gasteiger partial charge in [-0.3, -0.25) is 4.79 Å². The van der Waals surface area contributed by atoms with E-state index in [4.69, 9.17) is 14.2 Å². The number of benzene rings is 1. The van der Waals surface area contributed by atoms with Crippen LogP contribution in [-0.2, 0) is 19.6 Å². The zero-order valence-corrected chi connectivity index (χ0v) is 18.1. The summed E-state index contributed by atoms with van der Waals surface area (Å²) >= 11 is 0. The Morgan fingerprint density at radius 2 is 1.66 bits per heavy atom. The van der Waals surface area contributed by atoms with Gasteiger partial charge in [-0.25, -0.2) is 8.42 Å². The number of carbonyl (C=O) groups excluding carboxylic acids is 1. The lowest BCUT2D eigenvalue weighted by Gasteiger charge is -2.30. The molecule has 1 aromatic carbocycles. The summed E-state index contributed by atoms with van der Waals surface area (Å²) in [6.07, 6.45) is 6.94. The molecule has 8 heteroatoms. The Kier molecular flexibility index (Phi) is 7.40. The predicted octanol–water partition coefficient (Wildman–Crippen LogP) is 3.23. The zero-order chi connectivity index (χ0) is 20.9. The van der Waals surface area contributed by atoms with Gasteiger partial charge < -0.3 is 14.2 Å². The van der Waals surface area contributed by atoms with Gasteiger partial charge in [-0.1, -0.05) is 19.3 Å². The number of hydrogen-bond acceptors (Lipinski definition) is 6. The first kappa shape index (κ1) is 21.9. The molecule has 1 saturated carbocycles. The predicted molar refractivity (Wildman–Crippen MR) is 109 cm³/mol. The van der Waals surface area contributed by atoms with Crippen molar-refractivity contribution in [3.8, 4) is 11.5 Å². The minimum atomic E-state index is -3.65. The molecule has 0 amide bonds. The van der Waals surface area contributed by atoms with Gasteiger partial charge in [0.05, 0.1) is 31.6 Å². The van der Waals surface area contributed by atoms with E-state index in [2.05, 4.69) is 0 Å². The molecule has 0 radical (unpaired) electrons. The third-order valence-electron chi connectivity index (χ3n) is 5.97. The van der Waals surface area contributed by atoms with E-state index in [9.17, 15) is 13.2 Å². The third-order valence-corrected chi connectivity index (χ3v) is 7.86. The number of methoxy groups -OCH3 is 2. The van der Waals surface area contributed by atoms with Crippen LogP contribution >= 0.6 is 0 Å². The standard InChI is InChI=1S/C21H31NO6S/c1-26-19-9-8-18(14-20(19)27-2)29(24,25)22-12-10-17(11-13-22)21(23)28-15-16-6-4-3-5-7-16/h8-9,14,16-17H,3-7,10-13,15H2,1-2H3. The van der Waals surface area contributed by atoms with Crippen molar-refractivity contribution in [2.24, 2.45) is 11.8 Å². The molecule has 162 valence electrons. The van der Waals surface area contributed by atoms with Gasteiger partial charge in [-0.05, 0) is 43.7 Å². The molecule has 0 N–H and O–H groups in total. The van der Waals surface area contributed by atoms with Crippen molar-refractivity contribution in [3.63, 3.8) is 0 Å². The molecule has 1 saturated heterocycles. The van der Waals surface area contributed by atoms with Crippen molar-refractivity contribution >= 4 is 16.0 Å². The highest BCUT2D eigenvalue weighted by Gasteiger charge is 2.33. The highest BCUT2D eigenvalue weighted by molar-refractivity contribution is 7.89. The summed E-state index contributed by atoms with van der Waals surface area (Å²) < 4.78 is 43.3. The molecule has 1 aliphatic heterocycles. The number of hydrogen-bond donors (Lipinski definition) is 0. The third kappa shape index (κ3) is 5.22. The fourth-order valence-corrected chi connectivity index (χ4v) is 5.62. The van der Waals surface area contributed by atoms with Crippen LogP contribution in [0.25, 0.3) is 0 Å². The van der Waals surface area contributed by atoms with E-state index in [1.54, 1.807) is 6.07 Å². The quantitative estimate of drug-likeness (QED) is 0.624. The van der Waals surface area contributed by atoms with Crippen LogP contribution in [-0.4, -0.2) is 52.6 Å². The van der Waals surface area contributed by atoms with E-state index in [1.165, 1.54) is 49.9 Å². The SMILES string of the molecule is COc1ccc(S(=O)(=O)N2CCC(C(=O)OCC3CCCCC3)CC2)cc1OC. The fraction of sp³-hybridized carbons (Fsp3) is 0.667. The Morgan fingerprint density at radius 1 is 1.00 bits per heavy atom. The Hall–Kier alpha value is -1.80. The van der Waals surface area contributed by atoms with Gasteiger partial charge in [0, 0.05) is 19.2 Å². The Labute approximate surface area is 173 Å². The Balaban J connectivity index is 1.55. The Morgan fingerprint density at radius 3 is 2.28 bits per heavy atom. The summed E-state index contributed by atoms with van der Waals surface area (Å²) in [6, 6.07) is 4.57. The lowest BCUT2D eigenvalue weighted by molar-refractivity contribution is -0.151. The first-order valence-electron chi connectivity index (χ1n) is 10.3. The molecule has 3 rings (SSSR count). The normalized spacial score (nSPS) is 19.7. The van der Waals surface area contributed by atoms with Crippen LogP contribution in [0.4, 0.5) is 0 Å². The fourth-order valence-electron chi connectivity index (χ4n) is 4.13. The average molecular weight is 426 g/mol. The van der Waals surface area contributed by atoms with E-state index in [1.807, 2.05) is 0 Å². The maximum Gasteiger partial charge on any atom is 0.309 e. The van der Waals surface area contributed by atoms with Crippen LogP contribution in [0.15, 0.2) is 23.1 Å². The van der Waals surface area contributed by atoms with Gasteiger partial charge in [-0.15, -0.1) is 0 Å². The second kappa shape index (κ2) is 9.80. The van der Waals surface area contributed by atoms with Gasteiger partial charge in [0.2, 0.25) is 10.0 Å². The van der Waals surface area contributed by atoms with E-state index in [-0.39, 0.29) is 16.8 Å². The molecule has 7 nitrogen and oxygen atoms in total. The summed E-state index contributed by atoms with van der Waals surface area (Å²) in [5.74, 6) is 0.924. The maximum absolute atomic E-state index is 13.0. The number of nitrogens with zero attached hydrogens (tertiary/aromatic N) is 1. The first-order chi connectivity index (χ1) is 14.0. The molecule has 1 aromatic rings. The van der Waals surface area contributed by atoms with Crippen LogP contribution in [0, 0.1) is 11.8 Å². The lowest BCUT2D eigenvalue weighted by Crippen LogP contribution is -2.40. The molecule has 0 aromatic heterocycles. The minimum absolute atomic E-state index is 0.161. The monoisotopic (exact) mass is 425 g/mol. The molecule has 2 aliphatic rings. The van der Waals surface area contributed by atoms with Gasteiger partial charge >= 0.3 is 5.97 Å². The number of sulfonamides is 1. The van der Waals surface area contributed by atoms with E-state index >= 15 is 0 Å². The second-order valence-corrected chi connectivity index (χ2v) is 9.77. The maximum atomic E-state index is 13.0. The van der Waals surface area contributed by atoms with Gasteiger partial charge in [0.15, 0.2) is 11.5 Å². The molecule has 0 unspecified atom stereocenters. The van der Waals surface area contributed by atoms with E-state index in [0.29, 0.717) is 50.0 Å². The minimum Gasteiger partial charge on any atom is -0.493 e. The van der Waals surface area contributed by atoms with Gasteiger partial charge in [-0.2, -0.15) is 4.31 Å². The molecule has 0 spiro atoms. The molecular weight excluding hydrogens is 394 g/mol. The van der Waals surface area contributed by atoms with Crippen molar-refractivity contribution in [3.05, 3.63) is 18.2 Å². The van der Waals surface area contributed by atoms with Crippen molar-refractivity contribution in [1.29, 1.82) is 0 Å². The van der Waals surface area contributed by atoms with Crippen LogP contribution in [0.1, 0.15) is 44.9 Å². The summed E-state index contributed by atoms with van der Waals surface area (Å²) in [4.78, 5) is 12.6. The highest BCUT2D eigenvalue weighted by Crippen LogP contribution is 2.32. The molecule has 0 bridgehead atoms. The smallest absolute Gasteiger partial charge is 0.309 e. The van der Waals surface area contributed by atoms with Crippen molar-refractivity contribution in [1.82, 2.24) is 4.31 Å². The summed E-state index contributed by atoms with van der Waals surface area (Å²) in [5, 5.41) is 0. The van der Waals surface area contributed by atoms with Crippen LogP contribution in [0.5, 0.6) is 11.5 Å². The van der Waals surface area contributed by atoms with Crippen molar-refractivity contribution in [2.45, 2.75) is 49.8 Å². The summed E-state index contributed by atoms with van der Waals surface area (Å²) in [7, 11) is -0.677. The molecule has 0 atom stereocenters. The number of ether oxygens (including phenoxy) is 3. The number of rotatable bonds is 7. The van der Waals surface area contributed by atoms with Crippen molar-refractivity contribution < 1.29 is 27.4 Å². The largest absolute Gasteiger partial charge is 0.493 e. The van der Waals surface area contributed by atoms with Crippen LogP contribution in [0.2, 0.25) is 0 Å². The van der Waals surface area contributed by atoms with E-state index in [0.717, 1.165) is 12.8 Å².